The summed E-state index contributed by atoms with van der Waals surface area (Å²) in [5.74, 6) is 1.49. The summed E-state index contributed by atoms with van der Waals surface area (Å²) in [6.45, 7) is 6.34. The van der Waals surface area contributed by atoms with Crippen molar-refractivity contribution in [2.24, 2.45) is 0 Å². The second-order valence-corrected chi connectivity index (χ2v) is 5.61. The van der Waals surface area contributed by atoms with Gasteiger partial charge in [0.1, 0.15) is 18.0 Å². The lowest BCUT2D eigenvalue weighted by atomic mass is 10.1. The standard InChI is InChI=1S/C14H26N6/c1-4-5-12-13(15)17-10-18-14(12)16-8-11-9-19(2)6-7-20(11)3/h10-11H,4-9H2,1-3H3,(H3,15,16,17,18). The van der Waals surface area contributed by atoms with E-state index in [-0.39, 0.29) is 0 Å². The molecule has 1 aliphatic rings. The molecule has 6 nitrogen and oxygen atoms in total. The monoisotopic (exact) mass is 278 g/mol. The highest BCUT2D eigenvalue weighted by Crippen LogP contribution is 2.19. The second-order valence-electron chi connectivity index (χ2n) is 5.61. The van der Waals surface area contributed by atoms with Crippen LogP contribution in [-0.2, 0) is 6.42 Å². The molecule has 0 aromatic carbocycles. The quantitative estimate of drug-likeness (QED) is 0.825. The molecule has 1 aromatic heterocycles. The van der Waals surface area contributed by atoms with Crippen LogP contribution in [0.2, 0.25) is 0 Å². The van der Waals surface area contributed by atoms with E-state index in [1.165, 1.54) is 6.33 Å². The fourth-order valence-corrected chi connectivity index (χ4v) is 2.61. The number of nitrogens with one attached hydrogen (secondary N) is 1. The maximum atomic E-state index is 5.96. The zero-order valence-electron chi connectivity index (χ0n) is 12.8. The van der Waals surface area contributed by atoms with Crippen LogP contribution in [0, 0.1) is 0 Å². The van der Waals surface area contributed by atoms with Gasteiger partial charge in [0, 0.05) is 37.8 Å². The molecule has 1 aliphatic heterocycles. The zero-order valence-corrected chi connectivity index (χ0v) is 12.8. The van der Waals surface area contributed by atoms with E-state index in [9.17, 15) is 0 Å². The number of likely N-dealkylation sites (N-methyl/N-ethyl adjacent to an activating group) is 2. The Bertz CT molecular complexity index is 436. The average molecular weight is 278 g/mol. The Labute approximate surface area is 121 Å². The van der Waals surface area contributed by atoms with Crippen LogP contribution in [0.15, 0.2) is 6.33 Å². The normalized spacial score (nSPS) is 21.1. The highest BCUT2D eigenvalue weighted by atomic mass is 15.3. The SMILES string of the molecule is CCCc1c(N)ncnc1NCC1CN(C)CCN1C. The van der Waals surface area contributed by atoms with Gasteiger partial charge in [-0.1, -0.05) is 13.3 Å². The van der Waals surface area contributed by atoms with E-state index >= 15 is 0 Å². The number of nitrogens with two attached hydrogens (primary N) is 1. The molecule has 0 radical (unpaired) electrons. The topological polar surface area (TPSA) is 70.3 Å². The van der Waals surface area contributed by atoms with Crippen molar-refractivity contribution in [2.45, 2.75) is 25.8 Å². The number of anilines is 2. The number of piperazine rings is 1. The van der Waals surface area contributed by atoms with E-state index in [1.807, 2.05) is 0 Å². The van der Waals surface area contributed by atoms with Crippen LogP contribution >= 0.6 is 0 Å². The first-order chi connectivity index (χ1) is 9.61. The van der Waals surface area contributed by atoms with E-state index < -0.39 is 0 Å². The van der Waals surface area contributed by atoms with Gasteiger partial charge in [-0.15, -0.1) is 0 Å². The summed E-state index contributed by atoms with van der Waals surface area (Å²) in [7, 11) is 4.35. The van der Waals surface area contributed by atoms with Crippen LogP contribution in [0.25, 0.3) is 0 Å². The van der Waals surface area contributed by atoms with E-state index in [0.717, 1.165) is 50.4 Å². The fourth-order valence-electron chi connectivity index (χ4n) is 2.61. The van der Waals surface area contributed by atoms with Crippen molar-refractivity contribution in [3.8, 4) is 0 Å². The summed E-state index contributed by atoms with van der Waals surface area (Å²) in [4.78, 5) is 13.2. The Hall–Kier alpha value is -1.40. The van der Waals surface area contributed by atoms with Gasteiger partial charge in [0.15, 0.2) is 0 Å². The Morgan fingerprint density at radius 1 is 1.35 bits per heavy atom. The summed E-state index contributed by atoms with van der Waals surface area (Å²) in [6, 6.07) is 0.499. The van der Waals surface area contributed by atoms with E-state index in [1.54, 1.807) is 0 Å². The van der Waals surface area contributed by atoms with Crippen molar-refractivity contribution in [2.75, 3.05) is 51.3 Å². The van der Waals surface area contributed by atoms with Gasteiger partial charge in [0.25, 0.3) is 0 Å². The molecule has 6 heteroatoms. The highest BCUT2D eigenvalue weighted by molar-refractivity contribution is 5.55. The van der Waals surface area contributed by atoms with Crippen LogP contribution in [0.3, 0.4) is 0 Å². The molecule has 20 heavy (non-hydrogen) atoms. The molecule has 3 N–H and O–H groups in total. The van der Waals surface area contributed by atoms with Gasteiger partial charge in [-0.3, -0.25) is 4.90 Å². The number of nitrogen functional groups attached to an aromatic ring is 1. The first-order valence-electron chi connectivity index (χ1n) is 7.33. The number of aromatic nitrogens is 2. The molecule has 1 unspecified atom stereocenters. The number of hydrogen-bond acceptors (Lipinski definition) is 6. The van der Waals surface area contributed by atoms with Gasteiger partial charge in [-0.05, 0) is 20.5 Å². The molecule has 0 saturated carbocycles. The van der Waals surface area contributed by atoms with Gasteiger partial charge < -0.3 is 16.0 Å². The Balaban J connectivity index is 2.01. The van der Waals surface area contributed by atoms with Crippen LogP contribution < -0.4 is 11.1 Å². The molecule has 0 amide bonds. The van der Waals surface area contributed by atoms with E-state index in [4.69, 9.17) is 5.73 Å². The summed E-state index contributed by atoms with van der Waals surface area (Å²) < 4.78 is 0. The first kappa shape index (κ1) is 15.0. The summed E-state index contributed by atoms with van der Waals surface area (Å²) >= 11 is 0. The van der Waals surface area contributed by atoms with Crippen LogP contribution in [0.1, 0.15) is 18.9 Å². The minimum Gasteiger partial charge on any atom is -0.383 e. The average Bonchev–Trinajstić information content (AvgIpc) is 2.43. The third-order valence-electron chi connectivity index (χ3n) is 3.96. The van der Waals surface area contributed by atoms with Gasteiger partial charge in [0.2, 0.25) is 0 Å². The van der Waals surface area contributed by atoms with Crippen LogP contribution in [-0.4, -0.2) is 66.1 Å². The van der Waals surface area contributed by atoms with Crippen LogP contribution in [0.4, 0.5) is 11.6 Å². The molecule has 1 fully saturated rings. The lowest BCUT2D eigenvalue weighted by Crippen LogP contribution is -2.52. The predicted octanol–water partition coefficient (Wildman–Crippen LogP) is 0.669. The molecule has 1 atom stereocenters. The maximum absolute atomic E-state index is 5.96. The van der Waals surface area contributed by atoms with Crippen molar-refractivity contribution in [1.82, 2.24) is 19.8 Å². The number of nitrogens with zero attached hydrogens (tertiary/aromatic N) is 4. The van der Waals surface area contributed by atoms with Gasteiger partial charge in [0.05, 0.1) is 0 Å². The zero-order chi connectivity index (χ0) is 14.5. The summed E-state index contributed by atoms with van der Waals surface area (Å²) in [5, 5.41) is 3.46. The van der Waals surface area contributed by atoms with Crippen molar-refractivity contribution < 1.29 is 0 Å². The largest absolute Gasteiger partial charge is 0.383 e. The first-order valence-corrected chi connectivity index (χ1v) is 7.33. The molecule has 0 aliphatic carbocycles. The van der Waals surface area contributed by atoms with Crippen molar-refractivity contribution in [3.63, 3.8) is 0 Å². The molecule has 112 valence electrons. The third-order valence-corrected chi connectivity index (χ3v) is 3.96. The number of hydrogen-bond donors (Lipinski definition) is 2. The van der Waals surface area contributed by atoms with Gasteiger partial charge >= 0.3 is 0 Å². The lowest BCUT2D eigenvalue weighted by Gasteiger charge is -2.37. The molecular weight excluding hydrogens is 252 g/mol. The van der Waals surface area contributed by atoms with Crippen LogP contribution in [0.5, 0.6) is 0 Å². The lowest BCUT2D eigenvalue weighted by molar-refractivity contribution is 0.122. The van der Waals surface area contributed by atoms with E-state index in [0.29, 0.717) is 11.9 Å². The molecule has 1 saturated heterocycles. The van der Waals surface area contributed by atoms with Gasteiger partial charge in [-0.2, -0.15) is 0 Å². The molecule has 0 bridgehead atoms. The van der Waals surface area contributed by atoms with E-state index in [2.05, 4.69) is 46.1 Å². The Morgan fingerprint density at radius 3 is 2.90 bits per heavy atom. The minimum atomic E-state index is 0.499. The number of rotatable bonds is 5. The summed E-state index contributed by atoms with van der Waals surface area (Å²) in [5.41, 5.74) is 7.00. The van der Waals surface area contributed by atoms with Crippen molar-refractivity contribution in [3.05, 3.63) is 11.9 Å². The minimum absolute atomic E-state index is 0.499. The van der Waals surface area contributed by atoms with Crippen molar-refractivity contribution in [1.29, 1.82) is 0 Å². The Morgan fingerprint density at radius 2 is 2.15 bits per heavy atom. The second kappa shape index (κ2) is 6.85. The van der Waals surface area contributed by atoms with Gasteiger partial charge in [-0.25, -0.2) is 9.97 Å². The maximum Gasteiger partial charge on any atom is 0.134 e. The molecule has 2 heterocycles. The molecule has 2 rings (SSSR count). The Kier molecular flexibility index (Phi) is 5.14. The molecule has 0 spiro atoms. The summed E-state index contributed by atoms with van der Waals surface area (Å²) in [6.07, 6.45) is 3.49. The highest BCUT2D eigenvalue weighted by Gasteiger charge is 2.22. The molecular formula is C14H26N6. The predicted molar refractivity (Wildman–Crippen MR) is 82.8 cm³/mol. The third kappa shape index (κ3) is 3.58. The molecule has 1 aromatic rings. The smallest absolute Gasteiger partial charge is 0.134 e. The van der Waals surface area contributed by atoms with Crippen molar-refractivity contribution >= 4 is 11.6 Å². The fraction of sp³-hybridized carbons (Fsp3) is 0.714.